The molecular weight excluding hydrogens is 398 g/mol. The summed E-state index contributed by atoms with van der Waals surface area (Å²) in [7, 11) is 3.71. The van der Waals surface area contributed by atoms with E-state index < -0.39 is 5.97 Å². The molecule has 0 radical (unpaired) electrons. The van der Waals surface area contributed by atoms with Crippen molar-refractivity contribution in [1.29, 1.82) is 0 Å². The van der Waals surface area contributed by atoms with Gasteiger partial charge in [0.05, 0.1) is 42.6 Å². The third kappa shape index (κ3) is 3.41. The van der Waals surface area contributed by atoms with Gasteiger partial charge < -0.3 is 19.5 Å². The van der Waals surface area contributed by atoms with Gasteiger partial charge in [0.2, 0.25) is 0 Å². The van der Waals surface area contributed by atoms with Gasteiger partial charge in [0.1, 0.15) is 17.1 Å². The number of nitrogens with zero attached hydrogens (tertiary/aromatic N) is 2. The highest BCUT2D eigenvalue weighted by atomic mass is 32.2. The predicted octanol–water partition coefficient (Wildman–Crippen LogP) is -0.131. The van der Waals surface area contributed by atoms with Gasteiger partial charge in [-0.1, -0.05) is 11.8 Å². The maximum absolute atomic E-state index is 13.5. The first-order chi connectivity index (χ1) is 13.5. The number of thiophene rings is 1. The lowest BCUT2D eigenvalue weighted by atomic mass is 10.1. The number of carbonyl (C=O) groups excluding carboxylic acids is 1. The van der Waals surface area contributed by atoms with Gasteiger partial charge in [-0.2, -0.15) is 0 Å². The molecule has 3 heterocycles. The molecule has 1 aliphatic heterocycles. The average Bonchev–Trinajstić information content (AvgIpc) is 3.04. The second kappa shape index (κ2) is 7.57. The molecule has 3 aromatic rings. The molecule has 2 aromatic heterocycles. The van der Waals surface area contributed by atoms with Crippen molar-refractivity contribution in [2.75, 3.05) is 26.5 Å². The third-order valence-electron chi connectivity index (χ3n) is 4.79. The number of fused-ring (bicyclic) bond motifs is 3. The lowest BCUT2D eigenvalue weighted by Gasteiger charge is -2.19. The molecule has 1 aliphatic rings. The van der Waals surface area contributed by atoms with Gasteiger partial charge >= 0.3 is 0 Å². The number of aliphatic carboxylic acids is 1. The molecule has 1 unspecified atom stereocenters. The van der Waals surface area contributed by atoms with Crippen LogP contribution in [0.3, 0.4) is 0 Å². The maximum Gasteiger partial charge on any atom is 0.267 e. The van der Waals surface area contributed by atoms with Crippen molar-refractivity contribution in [3.63, 3.8) is 0 Å². The summed E-state index contributed by atoms with van der Waals surface area (Å²) in [6.07, 6.45) is 0.840. The van der Waals surface area contributed by atoms with Crippen LogP contribution in [0.1, 0.15) is 10.4 Å². The van der Waals surface area contributed by atoms with Gasteiger partial charge in [-0.05, 0) is 29.8 Å². The first-order valence-electron chi connectivity index (χ1n) is 8.83. The first-order valence-corrected chi connectivity index (χ1v) is 10.6. The Balaban J connectivity index is 1.93. The molecule has 7 nitrogen and oxygen atoms in total. The van der Waals surface area contributed by atoms with E-state index in [9.17, 15) is 14.7 Å². The molecule has 1 atom stereocenters. The van der Waals surface area contributed by atoms with E-state index >= 15 is 0 Å². The number of hydrogen-bond donors (Lipinski definition) is 1. The lowest BCUT2D eigenvalue weighted by Crippen LogP contribution is -3.08. The van der Waals surface area contributed by atoms with Crippen LogP contribution in [0.5, 0.6) is 5.75 Å². The van der Waals surface area contributed by atoms with Crippen LogP contribution in [0, 0.1) is 0 Å². The molecule has 0 aliphatic carbocycles. The number of quaternary nitrogens is 1. The molecule has 146 valence electrons. The van der Waals surface area contributed by atoms with Gasteiger partial charge in [0.15, 0.2) is 5.16 Å². The van der Waals surface area contributed by atoms with Gasteiger partial charge in [-0.3, -0.25) is 9.36 Å². The number of likely N-dealkylation sites (N-methyl/N-ethyl adjacent to an activating group) is 1. The molecule has 1 N–H and O–H groups in total. The number of rotatable bonds is 5. The highest BCUT2D eigenvalue weighted by Gasteiger charge is 2.26. The Morgan fingerprint density at radius 2 is 2.14 bits per heavy atom. The summed E-state index contributed by atoms with van der Waals surface area (Å²) in [4.78, 5) is 32.4. The Labute approximate surface area is 169 Å². The minimum Gasteiger partial charge on any atom is -0.549 e. The van der Waals surface area contributed by atoms with Crippen molar-refractivity contribution in [2.24, 2.45) is 0 Å². The molecule has 0 fully saturated rings. The summed E-state index contributed by atoms with van der Waals surface area (Å²) in [5, 5.41) is 12.0. The van der Waals surface area contributed by atoms with E-state index in [0.29, 0.717) is 26.8 Å². The van der Waals surface area contributed by atoms with Crippen LogP contribution in [0.25, 0.3) is 15.9 Å². The van der Waals surface area contributed by atoms with E-state index in [1.54, 1.807) is 31.4 Å². The molecule has 0 amide bonds. The van der Waals surface area contributed by atoms with Crippen molar-refractivity contribution < 1.29 is 19.5 Å². The summed E-state index contributed by atoms with van der Waals surface area (Å²) >= 11 is 2.53. The van der Waals surface area contributed by atoms with Crippen LogP contribution in [0.4, 0.5) is 0 Å². The predicted molar refractivity (Wildman–Crippen MR) is 107 cm³/mol. The van der Waals surface area contributed by atoms with E-state index in [-0.39, 0.29) is 11.3 Å². The highest BCUT2D eigenvalue weighted by Crippen LogP contribution is 2.31. The van der Waals surface area contributed by atoms with Crippen LogP contribution in [0.15, 0.2) is 34.2 Å². The Bertz CT molecular complexity index is 1110. The fourth-order valence-electron chi connectivity index (χ4n) is 3.42. The van der Waals surface area contributed by atoms with E-state index in [2.05, 4.69) is 12.0 Å². The topological polar surface area (TPSA) is 88.7 Å². The van der Waals surface area contributed by atoms with Gasteiger partial charge in [0, 0.05) is 12.2 Å². The maximum atomic E-state index is 13.5. The van der Waals surface area contributed by atoms with Crippen LogP contribution in [-0.2, 0) is 17.8 Å². The van der Waals surface area contributed by atoms with E-state index in [4.69, 9.17) is 4.74 Å². The Morgan fingerprint density at radius 3 is 2.82 bits per heavy atom. The Morgan fingerprint density at radius 1 is 1.39 bits per heavy atom. The molecular formula is C19H19N3O4S2. The molecule has 0 spiro atoms. The first kappa shape index (κ1) is 19.0. The quantitative estimate of drug-likeness (QED) is 0.460. The molecule has 0 bridgehead atoms. The molecule has 0 saturated heterocycles. The van der Waals surface area contributed by atoms with E-state index in [1.807, 2.05) is 0 Å². The number of carboxylic acid groups (broad SMARTS) is 1. The minimum absolute atomic E-state index is 0.159. The third-order valence-corrected chi connectivity index (χ3v) is 6.83. The number of nitrogens with one attached hydrogen (secondary N) is 1. The van der Waals surface area contributed by atoms with Crippen LogP contribution < -0.4 is 20.3 Å². The summed E-state index contributed by atoms with van der Waals surface area (Å²) in [6.45, 7) is 1.85. The number of methoxy groups -OCH3 is 1. The number of hydrogen-bond acceptors (Lipinski definition) is 7. The highest BCUT2D eigenvalue weighted by molar-refractivity contribution is 7.99. The zero-order chi connectivity index (χ0) is 19.8. The van der Waals surface area contributed by atoms with Crippen LogP contribution in [-0.4, -0.2) is 42.0 Å². The number of ether oxygens (including phenoxy) is 1. The molecule has 28 heavy (non-hydrogen) atoms. The fraction of sp³-hybridized carbons (Fsp3) is 0.316. The largest absolute Gasteiger partial charge is 0.549 e. The van der Waals surface area contributed by atoms with Gasteiger partial charge in [-0.15, -0.1) is 11.3 Å². The monoisotopic (exact) mass is 417 g/mol. The number of thioether (sulfide) groups is 1. The van der Waals surface area contributed by atoms with Crippen molar-refractivity contribution in [3.05, 3.63) is 45.1 Å². The summed E-state index contributed by atoms with van der Waals surface area (Å²) in [6, 6.07) is 7.07. The molecule has 1 aromatic carbocycles. The summed E-state index contributed by atoms with van der Waals surface area (Å²) < 4.78 is 6.69. The van der Waals surface area contributed by atoms with Crippen LogP contribution >= 0.6 is 23.1 Å². The standard InChI is InChI=1S/C19H19N3O4S2/c1-21-8-7-13-14(9-21)28-17-16(13)18(25)22(19(20-17)27-10-15(23)24)11-3-5-12(26-2)6-4-11/h3-6H,7-10H2,1-2H3,(H,23,24). The van der Waals surface area contributed by atoms with Gasteiger partial charge in [0.25, 0.3) is 5.56 Å². The number of carboxylic acids is 1. The van der Waals surface area contributed by atoms with E-state index in [0.717, 1.165) is 36.8 Å². The van der Waals surface area contributed by atoms with Crippen molar-refractivity contribution in [1.82, 2.24) is 9.55 Å². The van der Waals surface area contributed by atoms with Crippen molar-refractivity contribution in [3.8, 4) is 11.4 Å². The van der Waals surface area contributed by atoms with Crippen molar-refractivity contribution in [2.45, 2.75) is 18.1 Å². The van der Waals surface area contributed by atoms with Gasteiger partial charge in [-0.25, -0.2) is 4.98 Å². The second-order valence-corrected chi connectivity index (χ2v) is 8.74. The molecule has 4 rings (SSSR count). The summed E-state index contributed by atoms with van der Waals surface area (Å²) in [5.41, 5.74) is 1.55. The van der Waals surface area contributed by atoms with Crippen LogP contribution in [0.2, 0.25) is 0 Å². The second-order valence-electron chi connectivity index (χ2n) is 6.71. The molecule has 9 heteroatoms. The lowest BCUT2D eigenvalue weighted by molar-refractivity contribution is -0.895. The number of benzene rings is 1. The fourth-order valence-corrected chi connectivity index (χ4v) is 5.52. The zero-order valence-electron chi connectivity index (χ0n) is 15.5. The minimum atomic E-state index is -1.20. The normalized spacial score (nSPS) is 16.1. The van der Waals surface area contributed by atoms with E-state index in [1.165, 1.54) is 25.7 Å². The number of aromatic nitrogens is 2. The number of carbonyl (C=O) groups is 1. The Hall–Kier alpha value is -2.36. The SMILES string of the molecule is COc1ccc(-n2c(SCC(=O)[O-])nc3sc4c(c3c2=O)CC[NH+](C)C4)cc1. The zero-order valence-corrected chi connectivity index (χ0v) is 17.1. The smallest absolute Gasteiger partial charge is 0.267 e. The Kier molecular flexibility index (Phi) is 5.13. The molecule has 0 saturated carbocycles. The summed E-state index contributed by atoms with van der Waals surface area (Å²) in [5.74, 6) is -0.795. The van der Waals surface area contributed by atoms with Crippen molar-refractivity contribution >= 4 is 39.3 Å². The average molecular weight is 418 g/mol.